The summed E-state index contributed by atoms with van der Waals surface area (Å²) in [4.78, 5) is 21.6. The van der Waals surface area contributed by atoms with E-state index in [1.165, 1.54) is 12.4 Å². The van der Waals surface area contributed by atoms with Crippen LogP contribution in [0.4, 0.5) is 13.2 Å². The number of halogens is 3. The van der Waals surface area contributed by atoms with Crippen molar-refractivity contribution in [3.8, 4) is 23.2 Å². The topological polar surface area (TPSA) is 133 Å². The molecule has 5 heterocycles. The Bertz CT molecular complexity index is 1640. The number of nitrogens with zero attached hydrogens (tertiary/aromatic N) is 8. The van der Waals surface area contributed by atoms with Gasteiger partial charge in [0.15, 0.2) is 0 Å². The van der Waals surface area contributed by atoms with Gasteiger partial charge in [-0.05, 0) is 44.6 Å². The number of H-pyrrole nitrogens is 1. The van der Waals surface area contributed by atoms with Crippen LogP contribution in [0.3, 0.4) is 0 Å². The molecule has 43 heavy (non-hydrogen) atoms. The van der Waals surface area contributed by atoms with Crippen molar-refractivity contribution >= 4 is 11.0 Å². The molecule has 0 amide bonds. The molecule has 0 spiro atoms. The fourth-order valence-electron chi connectivity index (χ4n) is 6.25. The molecule has 0 radical (unpaired) electrons. The summed E-state index contributed by atoms with van der Waals surface area (Å²) in [6.45, 7) is 1.64. The summed E-state index contributed by atoms with van der Waals surface area (Å²) >= 11 is 0. The van der Waals surface area contributed by atoms with E-state index in [9.17, 15) is 18.4 Å². The SMILES string of the molecule is N#CCC1(n2cc(-c3ncnc4[nH]ccc34)cn2)CN(C2CCC(Oc3cc(CNC4CC4)nc(C(F)(F)F)n3)CC2)C1. The zero-order chi connectivity index (χ0) is 29.6. The quantitative estimate of drug-likeness (QED) is 0.293. The van der Waals surface area contributed by atoms with Gasteiger partial charge in [0.05, 0.1) is 30.1 Å². The average molecular weight is 593 g/mol. The molecule has 7 rings (SSSR count). The highest BCUT2D eigenvalue weighted by Crippen LogP contribution is 2.39. The van der Waals surface area contributed by atoms with E-state index < -0.39 is 17.5 Å². The highest BCUT2D eigenvalue weighted by atomic mass is 19.4. The Balaban J connectivity index is 0.981. The van der Waals surface area contributed by atoms with Crippen LogP contribution >= 0.6 is 0 Å². The van der Waals surface area contributed by atoms with Crippen molar-refractivity contribution in [2.45, 2.75) is 81.4 Å². The van der Waals surface area contributed by atoms with Gasteiger partial charge in [0.2, 0.25) is 11.7 Å². The minimum Gasteiger partial charge on any atom is -0.474 e. The zero-order valence-corrected chi connectivity index (χ0v) is 23.4. The maximum atomic E-state index is 13.5. The molecule has 4 aromatic rings. The van der Waals surface area contributed by atoms with E-state index >= 15 is 0 Å². The number of rotatable bonds is 9. The molecule has 1 aliphatic heterocycles. The van der Waals surface area contributed by atoms with E-state index in [4.69, 9.17) is 4.74 Å². The van der Waals surface area contributed by atoms with Crippen LogP contribution in [-0.2, 0) is 18.3 Å². The van der Waals surface area contributed by atoms with Crippen LogP contribution in [0.25, 0.3) is 22.3 Å². The number of hydrogen-bond donors (Lipinski definition) is 2. The number of nitriles is 1. The predicted molar refractivity (Wildman–Crippen MR) is 148 cm³/mol. The van der Waals surface area contributed by atoms with Gasteiger partial charge in [-0.2, -0.15) is 28.5 Å². The molecule has 1 saturated heterocycles. The molecular weight excluding hydrogens is 561 g/mol. The normalized spacial score (nSPS) is 22.3. The first kappa shape index (κ1) is 27.7. The van der Waals surface area contributed by atoms with Crippen molar-refractivity contribution in [2.24, 2.45) is 0 Å². The molecule has 0 atom stereocenters. The number of aromatic nitrogens is 7. The first-order valence-electron chi connectivity index (χ1n) is 14.6. The smallest absolute Gasteiger partial charge is 0.451 e. The molecule has 0 bridgehead atoms. The van der Waals surface area contributed by atoms with Gasteiger partial charge in [-0.15, -0.1) is 0 Å². The molecular formula is C29H31F3N10O. The van der Waals surface area contributed by atoms with Crippen LogP contribution in [0.1, 0.15) is 56.5 Å². The number of likely N-dealkylation sites (tertiary alicyclic amines) is 1. The summed E-state index contributed by atoms with van der Waals surface area (Å²) in [5.74, 6) is -1.19. The van der Waals surface area contributed by atoms with Crippen LogP contribution in [0.15, 0.2) is 37.1 Å². The third-order valence-corrected chi connectivity index (χ3v) is 8.70. The van der Waals surface area contributed by atoms with E-state index in [0.29, 0.717) is 44.4 Å². The Morgan fingerprint density at radius 3 is 2.67 bits per heavy atom. The maximum Gasteiger partial charge on any atom is 0.451 e. The van der Waals surface area contributed by atoms with Crippen molar-refractivity contribution in [1.82, 2.24) is 44.9 Å². The molecule has 2 aliphatic carbocycles. The van der Waals surface area contributed by atoms with Gasteiger partial charge in [-0.1, -0.05) is 0 Å². The molecule has 3 fully saturated rings. The number of hydrogen-bond acceptors (Lipinski definition) is 9. The molecule has 2 N–H and O–H groups in total. The lowest BCUT2D eigenvalue weighted by Gasteiger charge is -2.53. The molecule has 0 aromatic carbocycles. The first-order chi connectivity index (χ1) is 20.8. The van der Waals surface area contributed by atoms with Gasteiger partial charge in [0.25, 0.3) is 0 Å². The van der Waals surface area contributed by atoms with Crippen molar-refractivity contribution in [3.63, 3.8) is 0 Å². The number of alkyl halides is 3. The fraction of sp³-hybridized carbons (Fsp3) is 0.517. The first-order valence-corrected chi connectivity index (χ1v) is 14.6. The van der Waals surface area contributed by atoms with Crippen LogP contribution in [0, 0.1) is 11.3 Å². The third-order valence-electron chi connectivity index (χ3n) is 8.70. The molecule has 11 nitrogen and oxygen atoms in total. The summed E-state index contributed by atoms with van der Waals surface area (Å²) in [7, 11) is 0. The Kier molecular flexibility index (Phi) is 7.01. The summed E-state index contributed by atoms with van der Waals surface area (Å²) in [6.07, 6.45) is 7.73. The summed E-state index contributed by atoms with van der Waals surface area (Å²) in [5, 5.41) is 18.4. The monoisotopic (exact) mass is 592 g/mol. The second-order valence-electron chi connectivity index (χ2n) is 11.8. The van der Waals surface area contributed by atoms with Crippen LogP contribution in [0.5, 0.6) is 5.88 Å². The van der Waals surface area contributed by atoms with Gasteiger partial charge in [0, 0.05) is 61.1 Å². The Hall–Kier alpha value is -4.09. The molecule has 4 aromatic heterocycles. The zero-order valence-electron chi connectivity index (χ0n) is 23.4. The lowest BCUT2D eigenvalue weighted by atomic mass is 9.82. The number of nitrogens with one attached hydrogen (secondary N) is 2. The lowest BCUT2D eigenvalue weighted by Crippen LogP contribution is -2.65. The van der Waals surface area contributed by atoms with Gasteiger partial charge in [-0.3, -0.25) is 9.58 Å². The highest BCUT2D eigenvalue weighted by Gasteiger charge is 2.48. The second kappa shape index (κ2) is 10.9. The lowest BCUT2D eigenvalue weighted by molar-refractivity contribution is -0.145. The second-order valence-corrected chi connectivity index (χ2v) is 11.8. The molecule has 0 unspecified atom stereocenters. The minimum absolute atomic E-state index is 0.0227. The van der Waals surface area contributed by atoms with E-state index in [-0.39, 0.29) is 24.2 Å². The van der Waals surface area contributed by atoms with Crippen LogP contribution in [-0.4, -0.2) is 70.9 Å². The van der Waals surface area contributed by atoms with Crippen LogP contribution in [0.2, 0.25) is 0 Å². The maximum absolute atomic E-state index is 13.5. The van der Waals surface area contributed by atoms with Crippen molar-refractivity contribution in [3.05, 3.63) is 48.6 Å². The van der Waals surface area contributed by atoms with E-state index in [1.807, 2.05) is 23.1 Å². The van der Waals surface area contributed by atoms with Crippen molar-refractivity contribution in [1.29, 1.82) is 5.26 Å². The number of aromatic amines is 1. The highest BCUT2D eigenvalue weighted by molar-refractivity contribution is 5.90. The molecule has 2 saturated carbocycles. The average Bonchev–Trinajstić information content (AvgIpc) is 3.44. The van der Waals surface area contributed by atoms with E-state index in [1.54, 1.807) is 6.20 Å². The van der Waals surface area contributed by atoms with E-state index in [0.717, 1.165) is 48.0 Å². The number of ether oxygens (including phenoxy) is 1. The molecule has 14 heteroatoms. The standard InChI is InChI=1S/C29H31F3N10O/c30-29(31,32)27-39-20(13-35-19-1-2-19)11-24(40-27)43-22-5-3-21(4-6-22)41-15-28(16-41,8-9-33)42-14-18(12-38-42)25-23-7-10-34-26(23)37-17-36-25/h7,10-12,14,17,19,21-22,35H,1-6,8,13,15-16H2,(H,34,36,37). The van der Waals surface area contributed by atoms with Crippen molar-refractivity contribution < 1.29 is 17.9 Å². The van der Waals surface area contributed by atoms with Gasteiger partial charge >= 0.3 is 6.18 Å². The largest absolute Gasteiger partial charge is 0.474 e. The van der Waals surface area contributed by atoms with Gasteiger partial charge in [0.1, 0.15) is 23.6 Å². The third kappa shape index (κ3) is 5.66. The summed E-state index contributed by atoms with van der Waals surface area (Å²) < 4.78 is 48.3. The number of fused-ring (bicyclic) bond motifs is 1. The van der Waals surface area contributed by atoms with Crippen molar-refractivity contribution in [2.75, 3.05) is 13.1 Å². The Morgan fingerprint density at radius 2 is 1.93 bits per heavy atom. The predicted octanol–water partition coefficient (Wildman–Crippen LogP) is 4.20. The van der Waals surface area contributed by atoms with E-state index in [2.05, 4.69) is 46.3 Å². The summed E-state index contributed by atoms with van der Waals surface area (Å²) in [5.41, 5.74) is 2.27. The van der Waals surface area contributed by atoms with Gasteiger partial charge < -0.3 is 15.0 Å². The fourth-order valence-corrected chi connectivity index (χ4v) is 6.25. The summed E-state index contributed by atoms with van der Waals surface area (Å²) in [6, 6.07) is 6.45. The van der Waals surface area contributed by atoms with Gasteiger partial charge in [-0.25, -0.2) is 15.0 Å². The molecule has 3 aliphatic rings. The minimum atomic E-state index is -4.64. The molecule has 224 valence electrons. The Labute approximate surface area is 245 Å². The van der Waals surface area contributed by atoms with Crippen LogP contribution < -0.4 is 10.1 Å². The Morgan fingerprint density at radius 1 is 1.12 bits per heavy atom.